The molecule has 1 amide bonds. The molecule has 1 aromatic carbocycles. The van der Waals surface area contributed by atoms with Gasteiger partial charge in [0, 0.05) is 13.6 Å². The molecule has 0 saturated carbocycles. The number of nitrogens with one attached hydrogen (secondary N) is 1. The molecule has 6 nitrogen and oxygen atoms in total. The van der Waals surface area contributed by atoms with Crippen LogP contribution in [0, 0.1) is 5.92 Å². The molecule has 25 heavy (non-hydrogen) atoms. The van der Waals surface area contributed by atoms with Crippen LogP contribution in [0.25, 0.3) is 11.1 Å². The summed E-state index contributed by atoms with van der Waals surface area (Å²) in [6, 6.07) is 8.04. The van der Waals surface area contributed by atoms with Gasteiger partial charge in [-0.3, -0.25) is 14.6 Å². The van der Waals surface area contributed by atoms with Crippen molar-refractivity contribution in [3.63, 3.8) is 0 Å². The van der Waals surface area contributed by atoms with Gasteiger partial charge in [-0.15, -0.1) is 0 Å². The average Bonchev–Trinajstić information content (AvgIpc) is 3.06. The third-order valence-electron chi connectivity index (χ3n) is 5.23. The maximum Gasteiger partial charge on any atom is 0.233 e. The Morgan fingerprint density at radius 1 is 1.40 bits per heavy atom. The van der Waals surface area contributed by atoms with Gasteiger partial charge in [0.1, 0.15) is 5.52 Å². The molecule has 2 aromatic rings. The molecule has 2 heterocycles. The number of aromatic nitrogens is 1. The third kappa shape index (κ3) is 4.38. The smallest absolute Gasteiger partial charge is 0.233 e. The van der Waals surface area contributed by atoms with Gasteiger partial charge in [0.2, 0.25) is 11.8 Å². The number of carbonyl (C=O) groups excluding carboxylic acids is 1. The van der Waals surface area contributed by atoms with Crippen molar-refractivity contribution in [3.8, 4) is 0 Å². The van der Waals surface area contributed by atoms with Crippen molar-refractivity contribution in [2.24, 2.45) is 5.92 Å². The zero-order chi connectivity index (χ0) is 17.8. The second-order valence-corrected chi connectivity index (χ2v) is 7.03. The molecule has 136 valence electrons. The molecule has 0 spiro atoms. The zero-order valence-corrected chi connectivity index (χ0v) is 15.4. The fourth-order valence-electron chi connectivity index (χ4n) is 3.43. The molecule has 1 aromatic heterocycles. The van der Waals surface area contributed by atoms with Crippen LogP contribution in [0.4, 0.5) is 0 Å². The lowest BCUT2D eigenvalue weighted by molar-refractivity contribution is -0.122. The largest absolute Gasteiger partial charge is 0.439 e. The fourth-order valence-corrected chi connectivity index (χ4v) is 3.43. The average molecular weight is 344 g/mol. The Hall–Kier alpha value is -1.92. The number of fused-ring (bicyclic) bond motifs is 1. The number of para-hydroxylation sites is 2. The molecule has 0 radical (unpaired) electrons. The molecule has 1 aliphatic heterocycles. The highest BCUT2D eigenvalue weighted by atomic mass is 16.3. The summed E-state index contributed by atoms with van der Waals surface area (Å²) in [5.41, 5.74) is 1.76. The van der Waals surface area contributed by atoms with Crippen molar-refractivity contribution in [1.29, 1.82) is 0 Å². The maximum absolute atomic E-state index is 11.5. The van der Waals surface area contributed by atoms with Gasteiger partial charge in [0.05, 0.1) is 12.6 Å². The van der Waals surface area contributed by atoms with E-state index in [9.17, 15) is 4.79 Å². The highest BCUT2D eigenvalue weighted by Gasteiger charge is 2.25. The minimum atomic E-state index is 0.0974. The highest BCUT2D eigenvalue weighted by molar-refractivity contribution is 5.77. The van der Waals surface area contributed by atoms with Crippen LogP contribution >= 0.6 is 0 Å². The molecule has 1 fully saturated rings. The number of hydrogen-bond donors (Lipinski definition) is 1. The van der Waals surface area contributed by atoms with Crippen LogP contribution in [0.1, 0.15) is 31.7 Å². The first-order valence-corrected chi connectivity index (χ1v) is 9.05. The number of piperidine rings is 1. The molecule has 1 atom stereocenters. The van der Waals surface area contributed by atoms with Crippen molar-refractivity contribution in [3.05, 3.63) is 30.2 Å². The van der Waals surface area contributed by atoms with E-state index in [2.05, 4.69) is 34.1 Å². The van der Waals surface area contributed by atoms with Crippen LogP contribution in [0.5, 0.6) is 0 Å². The topological polar surface area (TPSA) is 61.6 Å². The monoisotopic (exact) mass is 344 g/mol. The molecule has 0 unspecified atom stereocenters. The Morgan fingerprint density at radius 2 is 2.12 bits per heavy atom. The van der Waals surface area contributed by atoms with Crippen LogP contribution in [0.2, 0.25) is 0 Å². The first-order valence-electron chi connectivity index (χ1n) is 9.05. The molecule has 1 aliphatic rings. The fraction of sp³-hybridized carbons (Fsp3) is 0.579. The number of amides is 1. The van der Waals surface area contributed by atoms with Crippen LogP contribution in [-0.2, 0) is 4.79 Å². The molecular formula is C19H28N4O2. The quantitative estimate of drug-likeness (QED) is 0.871. The normalized spacial score (nSPS) is 17.9. The summed E-state index contributed by atoms with van der Waals surface area (Å²) in [5, 5.41) is 2.69. The van der Waals surface area contributed by atoms with E-state index < -0.39 is 0 Å². The van der Waals surface area contributed by atoms with Gasteiger partial charge < -0.3 is 9.73 Å². The number of nitrogens with zero attached hydrogens (tertiary/aromatic N) is 3. The first kappa shape index (κ1) is 17.9. The van der Waals surface area contributed by atoms with E-state index in [-0.39, 0.29) is 11.9 Å². The summed E-state index contributed by atoms with van der Waals surface area (Å²) in [7, 11) is 3.83. The molecular weight excluding hydrogens is 316 g/mol. The van der Waals surface area contributed by atoms with Gasteiger partial charge in [-0.25, -0.2) is 4.98 Å². The van der Waals surface area contributed by atoms with Crippen LogP contribution in [0.15, 0.2) is 28.7 Å². The summed E-state index contributed by atoms with van der Waals surface area (Å²) < 4.78 is 5.91. The minimum Gasteiger partial charge on any atom is -0.439 e. The molecule has 1 saturated heterocycles. The number of hydrogen-bond acceptors (Lipinski definition) is 5. The number of benzene rings is 1. The van der Waals surface area contributed by atoms with Crippen molar-refractivity contribution < 1.29 is 9.21 Å². The van der Waals surface area contributed by atoms with Gasteiger partial charge in [-0.1, -0.05) is 12.1 Å². The Kier molecular flexibility index (Phi) is 5.71. The number of likely N-dealkylation sites (N-methyl/N-ethyl adjacent to an activating group) is 1. The van der Waals surface area contributed by atoms with Crippen LogP contribution < -0.4 is 5.32 Å². The van der Waals surface area contributed by atoms with E-state index in [1.54, 1.807) is 7.05 Å². The SMILES string of the molecule is CNC(=O)CN1CCC(CN(C)[C@@H](C)c2nc3ccccc3o2)CC1. The van der Waals surface area contributed by atoms with Crippen molar-refractivity contribution in [2.45, 2.75) is 25.8 Å². The zero-order valence-electron chi connectivity index (χ0n) is 15.4. The van der Waals surface area contributed by atoms with E-state index in [4.69, 9.17) is 4.42 Å². The molecule has 3 rings (SSSR count). The first-order chi connectivity index (χ1) is 12.1. The van der Waals surface area contributed by atoms with E-state index in [1.165, 1.54) is 0 Å². The van der Waals surface area contributed by atoms with Crippen LogP contribution in [-0.4, -0.2) is 61.0 Å². The summed E-state index contributed by atoms with van der Waals surface area (Å²) in [6.45, 7) is 5.66. The Morgan fingerprint density at radius 3 is 2.80 bits per heavy atom. The van der Waals surface area contributed by atoms with E-state index in [0.717, 1.165) is 49.5 Å². The number of carbonyl (C=O) groups is 1. The van der Waals surface area contributed by atoms with Gasteiger partial charge in [-0.2, -0.15) is 0 Å². The highest BCUT2D eigenvalue weighted by Crippen LogP contribution is 2.26. The van der Waals surface area contributed by atoms with Gasteiger partial charge >= 0.3 is 0 Å². The van der Waals surface area contributed by atoms with Crippen molar-refractivity contribution in [2.75, 3.05) is 40.3 Å². The lowest BCUT2D eigenvalue weighted by Crippen LogP contribution is -2.42. The second-order valence-electron chi connectivity index (χ2n) is 7.03. The number of likely N-dealkylation sites (tertiary alicyclic amines) is 1. The van der Waals surface area contributed by atoms with E-state index >= 15 is 0 Å². The van der Waals surface area contributed by atoms with Gasteiger partial charge in [0.25, 0.3) is 0 Å². The summed E-state index contributed by atoms with van der Waals surface area (Å²) in [6.07, 6.45) is 2.25. The molecule has 0 aliphatic carbocycles. The number of rotatable bonds is 6. The lowest BCUT2D eigenvalue weighted by Gasteiger charge is -2.34. The Balaban J connectivity index is 1.52. The molecule has 6 heteroatoms. The van der Waals surface area contributed by atoms with E-state index in [1.807, 2.05) is 24.3 Å². The Bertz CT molecular complexity index is 673. The molecule has 0 bridgehead atoms. The van der Waals surface area contributed by atoms with Crippen molar-refractivity contribution >= 4 is 17.0 Å². The predicted octanol–water partition coefficient (Wildman–Crippen LogP) is 2.28. The van der Waals surface area contributed by atoms with Gasteiger partial charge in [0.15, 0.2) is 5.58 Å². The second kappa shape index (κ2) is 7.97. The predicted molar refractivity (Wildman–Crippen MR) is 98.3 cm³/mol. The van der Waals surface area contributed by atoms with Crippen LogP contribution in [0.3, 0.4) is 0 Å². The maximum atomic E-state index is 11.5. The van der Waals surface area contributed by atoms with Gasteiger partial charge in [-0.05, 0) is 58.0 Å². The summed E-state index contributed by atoms with van der Waals surface area (Å²) in [4.78, 5) is 20.7. The van der Waals surface area contributed by atoms with Crippen molar-refractivity contribution in [1.82, 2.24) is 20.1 Å². The van der Waals surface area contributed by atoms with E-state index in [0.29, 0.717) is 12.5 Å². The lowest BCUT2D eigenvalue weighted by atomic mass is 9.96. The molecule has 1 N–H and O–H groups in total. The standard InChI is InChI=1S/C19H28N4O2/c1-14(19-21-16-6-4-5-7-17(16)25-19)22(3)12-15-8-10-23(11-9-15)13-18(24)20-2/h4-7,14-15H,8-13H2,1-3H3,(H,20,24)/t14-/m0/s1. The minimum absolute atomic E-state index is 0.0974. The third-order valence-corrected chi connectivity index (χ3v) is 5.23. The summed E-state index contributed by atoms with van der Waals surface area (Å²) >= 11 is 0. The Labute approximate surface area is 149 Å². The summed E-state index contributed by atoms with van der Waals surface area (Å²) in [5.74, 6) is 1.53. The number of oxazole rings is 1.